The van der Waals surface area contributed by atoms with Crippen LogP contribution in [0, 0.1) is 17.6 Å². The van der Waals surface area contributed by atoms with E-state index in [9.17, 15) is 8.78 Å². The standard InChI is InChI=1S/C13H19F2NS/c1-9(8-17-3)7-16-10(2)12-6-11(14)4-5-13(12)15/h4-6,9-10,16H,7-8H2,1-3H3. The highest BCUT2D eigenvalue weighted by Crippen LogP contribution is 2.18. The number of hydrogen-bond donors (Lipinski definition) is 1. The first-order valence-corrected chi connectivity index (χ1v) is 7.11. The van der Waals surface area contributed by atoms with Crippen LogP contribution < -0.4 is 5.32 Å². The number of thioether (sulfide) groups is 1. The summed E-state index contributed by atoms with van der Waals surface area (Å²) in [5.41, 5.74) is 0.390. The highest BCUT2D eigenvalue weighted by Gasteiger charge is 2.12. The van der Waals surface area contributed by atoms with E-state index in [-0.39, 0.29) is 11.9 Å². The lowest BCUT2D eigenvalue weighted by molar-refractivity contribution is 0.478. The van der Waals surface area contributed by atoms with Crippen LogP contribution in [0.15, 0.2) is 18.2 Å². The summed E-state index contributed by atoms with van der Waals surface area (Å²) in [6.45, 7) is 4.79. The van der Waals surface area contributed by atoms with Gasteiger partial charge in [-0.2, -0.15) is 11.8 Å². The molecule has 0 bridgehead atoms. The van der Waals surface area contributed by atoms with Gasteiger partial charge in [0, 0.05) is 11.6 Å². The van der Waals surface area contributed by atoms with Crippen molar-refractivity contribution in [2.75, 3.05) is 18.6 Å². The lowest BCUT2D eigenvalue weighted by atomic mass is 10.1. The lowest BCUT2D eigenvalue weighted by Gasteiger charge is -2.18. The molecule has 1 aromatic rings. The van der Waals surface area contributed by atoms with E-state index in [2.05, 4.69) is 18.5 Å². The zero-order chi connectivity index (χ0) is 12.8. The lowest BCUT2D eigenvalue weighted by Crippen LogP contribution is -2.26. The molecule has 0 aliphatic rings. The summed E-state index contributed by atoms with van der Waals surface area (Å²) in [6, 6.07) is 3.40. The molecule has 0 heterocycles. The van der Waals surface area contributed by atoms with E-state index < -0.39 is 5.82 Å². The third-order valence-corrected chi connectivity index (χ3v) is 3.55. The monoisotopic (exact) mass is 259 g/mol. The molecule has 1 aromatic carbocycles. The average Bonchev–Trinajstić information content (AvgIpc) is 2.29. The van der Waals surface area contributed by atoms with Crippen LogP contribution in [0.4, 0.5) is 8.78 Å². The first-order valence-electron chi connectivity index (χ1n) is 5.72. The second-order valence-corrected chi connectivity index (χ2v) is 5.27. The van der Waals surface area contributed by atoms with Gasteiger partial charge in [-0.15, -0.1) is 0 Å². The third-order valence-electron chi connectivity index (χ3n) is 2.65. The maximum atomic E-state index is 13.5. The zero-order valence-electron chi connectivity index (χ0n) is 10.5. The molecule has 0 fully saturated rings. The SMILES string of the molecule is CSCC(C)CNC(C)c1cc(F)ccc1F. The van der Waals surface area contributed by atoms with Crippen LogP contribution in [0.1, 0.15) is 25.5 Å². The molecule has 1 nitrogen and oxygen atoms in total. The quantitative estimate of drug-likeness (QED) is 0.837. The largest absolute Gasteiger partial charge is 0.310 e. The van der Waals surface area contributed by atoms with Gasteiger partial charge < -0.3 is 5.32 Å². The van der Waals surface area contributed by atoms with Crippen molar-refractivity contribution in [1.29, 1.82) is 0 Å². The predicted molar refractivity (Wildman–Crippen MR) is 70.3 cm³/mol. The Morgan fingerprint density at radius 1 is 1.29 bits per heavy atom. The van der Waals surface area contributed by atoms with E-state index in [0.29, 0.717) is 11.5 Å². The molecule has 2 unspecified atom stereocenters. The van der Waals surface area contributed by atoms with Gasteiger partial charge in [-0.05, 0) is 49.6 Å². The molecule has 1 rings (SSSR count). The number of rotatable bonds is 6. The molecule has 96 valence electrons. The van der Waals surface area contributed by atoms with Crippen molar-refractivity contribution in [3.05, 3.63) is 35.4 Å². The Kier molecular flexibility index (Phi) is 5.92. The Hall–Kier alpha value is -0.610. The Balaban J connectivity index is 2.57. The van der Waals surface area contributed by atoms with Crippen molar-refractivity contribution in [3.63, 3.8) is 0 Å². The first-order chi connectivity index (χ1) is 8.04. The van der Waals surface area contributed by atoms with Crippen molar-refractivity contribution in [2.45, 2.75) is 19.9 Å². The minimum absolute atomic E-state index is 0.171. The van der Waals surface area contributed by atoms with Gasteiger partial charge in [-0.3, -0.25) is 0 Å². The van der Waals surface area contributed by atoms with Crippen LogP contribution in [-0.2, 0) is 0 Å². The number of benzene rings is 1. The Morgan fingerprint density at radius 3 is 2.65 bits per heavy atom. The average molecular weight is 259 g/mol. The van der Waals surface area contributed by atoms with Gasteiger partial charge in [-0.1, -0.05) is 6.92 Å². The fraction of sp³-hybridized carbons (Fsp3) is 0.538. The molecule has 1 N–H and O–H groups in total. The molecule has 0 aliphatic heterocycles. The van der Waals surface area contributed by atoms with E-state index >= 15 is 0 Å². The van der Waals surface area contributed by atoms with Crippen LogP contribution in [0.25, 0.3) is 0 Å². The van der Waals surface area contributed by atoms with Crippen LogP contribution in [0.5, 0.6) is 0 Å². The summed E-state index contributed by atoms with van der Waals surface area (Å²) in [7, 11) is 0. The Labute approximate surface area is 106 Å². The maximum Gasteiger partial charge on any atom is 0.128 e. The van der Waals surface area contributed by atoms with E-state index in [1.165, 1.54) is 12.1 Å². The fourth-order valence-corrected chi connectivity index (χ4v) is 2.36. The Bertz CT molecular complexity index is 357. The molecule has 0 radical (unpaired) electrons. The van der Waals surface area contributed by atoms with E-state index in [1.54, 1.807) is 11.8 Å². The van der Waals surface area contributed by atoms with Crippen molar-refractivity contribution < 1.29 is 8.78 Å². The smallest absolute Gasteiger partial charge is 0.128 e. The number of hydrogen-bond acceptors (Lipinski definition) is 2. The minimum atomic E-state index is -0.396. The van der Waals surface area contributed by atoms with Gasteiger partial charge in [0.2, 0.25) is 0 Å². The van der Waals surface area contributed by atoms with Crippen molar-refractivity contribution in [3.8, 4) is 0 Å². The van der Waals surface area contributed by atoms with Gasteiger partial charge in [0.15, 0.2) is 0 Å². The zero-order valence-corrected chi connectivity index (χ0v) is 11.3. The third kappa shape index (κ3) is 4.64. The maximum absolute atomic E-state index is 13.5. The summed E-state index contributed by atoms with van der Waals surface area (Å²) >= 11 is 1.79. The second-order valence-electron chi connectivity index (χ2n) is 4.36. The molecule has 0 amide bonds. The molecule has 0 saturated heterocycles. The number of nitrogens with one attached hydrogen (secondary N) is 1. The summed E-state index contributed by atoms with van der Waals surface area (Å²) in [6.07, 6.45) is 2.06. The van der Waals surface area contributed by atoms with E-state index in [4.69, 9.17) is 0 Å². The Morgan fingerprint density at radius 2 is 2.00 bits per heavy atom. The van der Waals surface area contributed by atoms with Crippen molar-refractivity contribution in [2.24, 2.45) is 5.92 Å². The first kappa shape index (κ1) is 14.5. The van der Waals surface area contributed by atoms with E-state index in [1.807, 2.05) is 6.92 Å². The van der Waals surface area contributed by atoms with Gasteiger partial charge in [0.1, 0.15) is 11.6 Å². The molecule has 0 saturated carbocycles. The molecule has 2 atom stereocenters. The second kappa shape index (κ2) is 6.97. The highest BCUT2D eigenvalue weighted by atomic mass is 32.2. The normalized spacial score (nSPS) is 14.6. The predicted octanol–water partition coefficient (Wildman–Crippen LogP) is 3.61. The number of halogens is 2. The summed E-state index contributed by atoms with van der Waals surface area (Å²) < 4.78 is 26.5. The fourth-order valence-electron chi connectivity index (χ4n) is 1.68. The van der Waals surface area contributed by atoms with Crippen molar-refractivity contribution >= 4 is 11.8 Å². The van der Waals surface area contributed by atoms with Crippen LogP contribution in [0.3, 0.4) is 0 Å². The molecular weight excluding hydrogens is 240 g/mol. The highest BCUT2D eigenvalue weighted by molar-refractivity contribution is 7.98. The summed E-state index contributed by atoms with van der Waals surface area (Å²) in [5.74, 6) is 0.825. The molecule has 0 spiro atoms. The minimum Gasteiger partial charge on any atom is -0.310 e. The van der Waals surface area contributed by atoms with Gasteiger partial charge in [0.25, 0.3) is 0 Å². The van der Waals surface area contributed by atoms with Crippen molar-refractivity contribution in [1.82, 2.24) is 5.32 Å². The van der Waals surface area contributed by atoms with Gasteiger partial charge >= 0.3 is 0 Å². The van der Waals surface area contributed by atoms with Gasteiger partial charge in [0.05, 0.1) is 0 Å². The summed E-state index contributed by atoms with van der Waals surface area (Å²) in [5, 5.41) is 3.23. The van der Waals surface area contributed by atoms with Crippen LogP contribution in [0.2, 0.25) is 0 Å². The molecule has 0 aromatic heterocycles. The van der Waals surface area contributed by atoms with E-state index in [0.717, 1.165) is 18.4 Å². The molecule has 4 heteroatoms. The topological polar surface area (TPSA) is 12.0 Å². The molecule has 0 aliphatic carbocycles. The van der Waals surface area contributed by atoms with Crippen LogP contribution >= 0.6 is 11.8 Å². The molecule has 17 heavy (non-hydrogen) atoms. The van der Waals surface area contributed by atoms with Gasteiger partial charge in [-0.25, -0.2) is 8.78 Å². The molecular formula is C13H19F2NS. The summed E-state index contributed by atoms with van der Waals surface area (Å²) in [4.78, 5) is 0. The van der Waals surface area contributed by atoms with Crippen LogP contribution in [-0.4, -0.2) is 18.6 Å².